The second-order valence-corrected chi connectivity index (χ2v) is 6.18. The summed E-state index contributed by atoms with van der Waals surface area (Å²) in [4.78, 5) is 35.3. The third-order valence-corrected chi connectivity index (χ3v) is 3.61. The lowest BCUT2D eigenvalue weighted by Crippen LogP contribution is -2.30. The molecule has 0 saturated heterocycles. The molecule has 2 aromatic rings. The molecule has 0 atom stereocenters. The predicted octanol–water partition coefficient (Wildman–Crippen LogP) is 2.66. The van der Waals surface area contributed by atoms with Gasteiger partial charge >= 0.3 is 5.97 Å². The topological polar surface area (TPSA) is 96.5 Å². The van der Waals surface area contributed by atoms with E-state index in [1.807, 2.05) is 13.8 Å². The Morgan fingerprint density at radius 1 is 0.889 bits per heavy atom. The molecule has 0 aliphatic rings. The van der Waals surface area contributed by atoms with Gasteiger partial charge in [-0.3, -0.25) is 9.59 Å². The van der Waals surface area contributed by atoms with Crippen LogP contribution >= 0.6 is 0 Å². The van der Waals surface area contributed by atoms with Crippen LogP contribution in [0.25, 0.3) is 0 Å². The summed E-state index contributed by atoms with van der Waals surface area (Å²) < 4.78 is 4.63. The summed E-state index contributed by atoms with van der Waals surface area (Å²) in [5, 5.41) is 8.53. The molecule has 0 fully saturated rings. The highest BCUT2D eigenvalue weighted by molar-refractivity contribution is 5.97. The number of anilines is 2. The average Bonchev–Trinajstić information content (AvgIpc) is 2.66. The Hall–Kier alpha value is -3.35. The van der Waals surface area contributed by atoms with Gasteiger partial charge < -0.3 is 20.7 Å². The molecule has 0 heterocycles. The molecule has 2 aromatic carbocycles. The Morgan fingerprint density at radius 3 is 2.00 bits per heavy atom. The lowest BCUT2D eigenvalue weighted by atomic mass is 10.2. The van der Waals surface area contributed by atoms with Crippen LogP contribution in [-0.4, -0.2) is 37.5 Å². The number of amides is 2. The molecule has 7 nitrogen and oxygen atoms in total. The van der Waals surface area contributed by atoms with Crippen LogP contribution in [0.3, 0.4) is 0 Å². The Bertz CT molecular complexity index is 799. The number of methoxy groups -OCH3 is 1. The molecule has 0 aliphatic heterocycles. The molecular weight excluding hydrogens is 346 g/mol. The standard InChI is InChI=1S/C20H23N3O4/c1-13(2)22-19(25)14-4-10-17(11-5-14)23-18(24)12-21-16-8-6-15(7-9-16)20(26)27-3/h4-11,13,21H,12H2,1-3H3,(H,22,25)(H,23,24). The fourth-order valence-electron chi connectivity index (χ4n) is 2.28. The Labute approximate surface area is 158 Å². The molecule has 142 valence electrons. The fraction of sp³-hybridized carbons (Fsp3) is 0.250. The molecule has 27 heavy (non-hydrogen) atoms. The van der Waals surface area contributed by atoms with Crippen LogP contribution in [0, 0.1) is 0 Å². The lowest BCUT2D eigenvalue weighted by Gasteiger charge is -2.10. The van der Waals surface area contributed by atoms with E-state index >= 15 is 0 Å². The first kappa shape index (κ1) is 20.0. The zero-order valence-corrected chi connectivity index (χ0v) is 15.5. The highest BCUT2D eigenvalue weighted by atomic mass is 16.5. The van der Waals surface area contributed by atoms with E-state index in [0.717, 1.165) is 0 Å². The molecule has 3 N–H and O–H groups in total. The van der Waals surface area contributed by atoms with Crippen LogP contribution in [0.4, 0.5) is 11.4 Å². The first-order valence-electron chi connectivity index (χ1n) is 8.52. The largest absolute Gasteiger partial charge is 0.465 e. The minimum absolute atomic E-state index is 0.0599. The van der Waals surface area contributed by atoms with Gasteiger partial charge in [-0.2, -0.15) is 0 Å². The van der Waals surface area contributed by atoms with Gasteiger partial charge in [0.05, 0.1) is 19.2 Å². The van der Waals surface area contributed by atoms with Gasteiger partial charge in [0, 0.05) is 23.0 Å². The number of hydrogen-bond acceptors (Lipinski definition) is 5. The van der Waals surface area contributed by atoms with Crippen molar-refractivity contribution in [1.82, 2.24) is 5.32 Å². The van der Waals surface area contributed by atoms with Gasteiger partial charge in [0.2, 0.25) is 5.91 Å². The number of benzene rings is 2. The van der Waals surface area contributed by atoms with Crippen LogP contribution in [0.15, 0.2) is 48.5 Å². The van der Waals surface area contributed by atoms with E-state index in [0.29, 0.717) is 22.5 Å². The molecule has 7 heteroatoms. The molecule has 0 saturated carbocycles. The van der Waals surface area contributed by atoms with Gasteiger partial charge in [0.25, 0.3) is 5.91 Å². The zero-order valence-electron chi connectivity index (χ0n) is 15.5. The second-order valence-electron chi connectivity index (χ2n) is 6.18. The normalized spacial score (nSPS) is 10.2. The first-order chi connectivity index (χ1) is 12.9. The number of rotatable bonds is 7. The summed E-state index contributed by atoms with van der Waals surface area (Å²) in [6, 6.07) is 13.4. The second kappa shape index (κ2) is 9.38. The van der Waals surface area contributed by atoms with Crippen molar-refractivity contribution in [1.29, 1.82) is 0 Å². The SMILES string of the molecule is COC(=O)c1ccc(NCC(=O)Nc2ccc(C(=O)NC(C)C)cc2)cc1. The summed E-state index contributed by atoms with van der Waals surface area (Å²) in [5.41, 5.74) is 2.28. The van der Waals surface area contributed by atoms with Crippen molar-refractivity contribution in [3.05, 3.63) is 59.7 Å². The summed E-state index contributed by atoms with van der Waals surface area (Å²) >= 11 is 0. The van der Waals surface area contributed by atoms with Crippen molar-refractivity contribution in [2.45, 2.75) is 19.9 Å². The smallest absolute Gasteiger partial charge is 0.337 e. The molecule has 2 rings (SSSR count). The molecule has 0 spiro atoms. The van der Waals surface area contributed by atoms with Crippen LogP contribution in [0.1, 0.15) is 34.6 Å². The van der Waals surface area contributed by atoms with Crippen LogP contribution in [0.2, 0.25) is 0 Å². The maximum absolute atomic E-state index is 12.0. The summed E-state index contributed by atoms with van der Waals surface area (Å²) in [6.45, 7) is 3.85. The minimum atomic E-state index is -0.412. The third-order valence-electron chi connectivity index (χ3n) is 3.61. The number of esters is 1. The Kier molecular flexibility index (Phi) is 6.93. The van der Waals surface area contributed by atoms with E-state index in [1.54, 1.807) is 48.5 Å². The third kappa shape index (κ3) is 6.14. The van der Waals surface area contributed by atoms with E-state index in [-0.39, 0.29) is 24.4 Å². The number of hydrogen-bond donors (Lipinski definition) is 3. The quantitative estimate of drug-likeness (QED) is 0.652. The maximum Gasteiger partial charge on any atom is 0.337 e. The zero-order chi connectivity index (χ0) is 19.8. The molecule has 2 amide bonds. The van der Waals surface area contributed by atoms with Crippen LogP contribution in [-0.2, 0) is 9.53 Å². The van der Waals surface area contributed by atoms with E-state index in [1.165, 1.54) is 7.11 Å². The van der Waals surface area contributed by atoms with Gasteiger partial charge in [-0.05, 0) is 62.4 Å². The molecule has 0 radical (unpaired) electrons. The van der Waals surface area contributed by atoms with Crippen LogP contribution in [0.5, 0.6) is 0 Å². The molecular formula is C20H23N3O4. The van der Waals surface area contributed by atoms with Gasteiger partial charge in [-0.25, -0.2) is 4.79 Å². The molecule has 0 bridgehead atoms. The molecule has 0 aliphatic carbocycles. The van der Waals surface area contributed by atoms with Crippen molar-refractivity contribution in [2.24, 2.45) is 0 Å². The Morgan fingerprint density at radius 2 is 1.44 bits per heavy atom. The number of carbonyl (C=O) groups is 3. The lowest BCUT2D eigenvalue weighted by molar-refractivity contribution is -0.114. The van der Waals surface area contributed by atoms with Crippen molar-refractivity contribution < 1.29 is 19.1 Å². The number of nitrogens with one attached hydrogen (secondary N) is 3. The van der Waals surface area contributed by atoms with E-state index in [9.17, 15) is 14.4 Å². The van der Waals surface area contributed by atoms with Crippen molar-refractivity contribution in [3.63, 3.8) is 0 Å². The van der Waals surface area contributed by atoms with E-state index < -0.39 is 5.97 Å². The monoisotopic (exact) mass is 369 g/mol. The average molecular weight is 369 g/mol. The van der Waals surface area contributed by atoms with E-state index in [2.05, 4.69) is 20.7 Å². The van der Waals surface area contributed by atoms with Crippen molar-refractivity contribution in [2.75, 3.05) is 24.3 Å². The summed E-state index contributed by atoms with van der Waals surface area (Å²) in [6.07, 6.45) is 0. The van der Waals surface area contributed by atoms with Gasteiger partial charge in [0.15, 0.2) is 0 Å². The predicted molar refractivity (Wildman–Crippen MR) is 104 cm³/mol. The maximum atomic E-state index is 12.0. The minimum Gasteiger partial charge on any atom is -0.465 e. The highest BCUT2D eigenvalue weighted by Crippen LogP contribution is 2.12. The fourth-order valence-corrected chi connectivity index (χ4v) is 2.28. The molecule has 0 aromatic heterocycles. The molecule has 0 unspecified atom stereocenters. The summed E-state index contributed by atoms with van der Waals surface area (Å²) in [7, 11) is 1.32. The first-order valence-corrected chi connectivity index (χ1v) is 8.52. The number of ether oxygens (including phenoxy) is 1. The number of carbonyl (C=O) groups excluding carboxylic acids is 3. The summed E-state index contributed by atoms with van der Waals surface area (Å²) in [5.74, 6) is -0.795. The van der Waals surface area contributed by atoms with Crippen molar-refractivity contribution in [3.8, 4) is 0 Å². The van der Waals surface area contributed by atoms with Gasteiger partial charge in [-0.1, -0.05) is 0 Å². The van der Waals surface area contributed by atoms with E-state index in [4.69, 9.17) is 0 Å². The van der Waals surface area contributed by atoms with Crippen molar-refractivity contribution >= 4 is 29.2 Å². The van der Waals surface area contributed by atoms with Crippen LogP contribution < -0.4 is 16.0 Å². The van der Waals surface area contributed by atoms with Gasteiger partial charge in [0.1, 0.15) is 0 Å². The highest BCUT2D eigenvalue weighted by Gasteiger charge is 2.08. The van der Waals surface area contributed by atoms with Gasteiger partial charge in [-0.15, -0.1) is 0 Å². The Balaban J connectivity index is 1.85.